The summed E-state index contributed by atoms with van der Waals surface area (Å²) in [6.45, 7) is 1.70. The lowest BCUT2D eigenvalue weighted by molar-refractivity contribution is 0.0852. The van der Waals surface area contributed by atoms with E-state index in [1.807, 2.05) is 6.07 Å². The van der Waals surface area contributed by atoms with Crippen LogP contribution in [0.2, 0.25) is 0 Å². The first kappa shape index (κ1) is 16.9. The predicted octanol–water partition coefficient (Wildman–Crippen LogP) is 2.86. The summed E-state index contributed by atoms with van der Waals surface area (Å²) in [4.78, 5) is 12.5. The van der Waals surface area contributed by atoms with Crippen LogP contribution in [0.25, 0.3) is 5.69 Å². The molecule has 2 aromatic carbocycles. The molecule has 1 amide bonds. The van der Waals surface area contributed by atoms with Crippen molar-refractivity contribution in [3.05, 3.63) is 83.9 Å². The lowest BCUT2D eigenvalue weighted by atomic mass is 10.0. The highest BCUT2D eigenvalue weighted by atomic mass is 19.1. The van der Waals surface area contributed by atoms with Crippen LogP contribution in [-0.4, -0.2) is 26.8 Å². The molecule has 0 aliphatic carbocycles. The van der Waals surface area contributed by atoms with E-state index in [-0.39, 0.29) is 11.7 Å². The average Bonchev–Trinajstić information content (AvgIpc) is 3.16. The minimum Gasteiger partial charge on any atom is -0.386 e. The average molecular weight is 339 g/mol. The van der Waals surface area contributed by atoms with Crippen molar-refractivity contribution in [2.24, 2.45) is 0 Å². The van der Waals surface area contributed by atoms with Crippen molar-refractivity contribution in [2.45, 2.75) is 19.1 Å². The number of hydrogen-bond donors (Lipinski definition) is 2. The van der Waals surface area contributed by atoms with E-state index in [1.165, 1.54) is 24.3 Å². The maximum atomic E-state index is 13.0. The number of carbonyl (C=O) groups is 1. The van der Waals surface area contributed by atoms with Crippen molar-refractivity contribution < 1.29 is 14.3 Å². The minimum atomic E-state index is -0.932. The zero-order valence-corrected chi connectivity index (χ0v) is 13.6. The SMILES string of the molecule is CC(NC(=O)c1cccc(-n2cccn2)c1)C(O)c1ccc(F)cc1. The zero-order chi connectivity index (χ0) is 17.8. The zero-order valence-electron chi connectivity index (χ0n) is 13.6. The Hall–Kier alpha value is -2.99. The summed E-state index contributed by atoms with van der Waals surface area (Å²) in [7, 11) is 0. The van der Waals surface area contributed by atoms with Gasteiger partial charge in [-0.2, -0.15) is 5.10 Å². The number of benzene rings is 2. The maximum Gasteiger partial charge on any atom is 0.251 e. The normalized spacial score (nSPS) is 13.2. The first-order chi connectivity index (χ1) is 12.0. The second-order valence-corrected chi connectivity index (χ2v) is 5.76. The van der Waals surface area contributed by atoms with E-state index in [1.54, 1.807) is 48.3 Å². The van der Waals surface area contributed by atoms with Gasteiger partial charge in [-0.05, 0) is 48.9 Å². The lowest BCUT2D eigenvalue weighted by Gasteiger charge is -2.21. The molecule has 6 heteroatoms. The molecule has 0 aliphatic heterocycles. The number of amides is 1. The maximum absolute atomic E-state index is 13.0. The summed E-state index contributed by atoms with van der Waals surface area (Å²) in [6.07, 6.45) is 2.52. The molecule has 2 unspecified atom stereocenters. The molecule has 1 heterocycles. The molecule has 3 rings (SSSR count). The van der Waals surface area contributed by atoms with Crippen LogP contribution in [0.5, 0.6) is 0 Å². The van der Waals surface area contributed by atoms with E-state index >= 15 is 0 Å². The van der Waals surface area contributed by atoms with Gasteiger partial charge in [0.2, 0.25) is 0 Å². The highest BCUT2D eigenvalue weighted by Crippen LogP contribution is 2.18. The van der Waals surface area contributed by atoms with Crippen LogP contribution in [0.15, 0.2) is 67.0 Å². The van der Waals surface area contributed by atoms with Crippen LogP contribution in [-0.2, 0) is 0 Å². The van der Waals surface area contributed by atoms with Crippen LogP contribution in [0.3, 0.4) is 0 Å². The van der Waals surface area contributed by atoms with Gasteiger partial charge in [-0.25, -0.2) is 9.07 Å². The van der Waals surface area contributed by atoms with Gasteiger partial charge in [-0.1, -0.05) is 18.2 Å². The number of hydrogen-bond acceptors (Lipinski definition) is 3. The van der Waals surface area contributed by atoms with Crippen molar-refractivity contribution in [1.29, 1.82) is 0 Å². The first-order valence-corrected chi connectivity index (χ1v) is 7.89. The Morgan fingerprint density at radius 1 is 1.20 bits per heavy atom. The predicted molar refractivity (Wildman–Crippen MR) is 91.9 cm³/mol. The minimum absolute atomic E-state index is 0.303. The summed E-state index contributed by atoms with van der Waals surface area (Å²) >= 11 is 0. The largest absolute Gasteiger partial charge is 0.386 e. The molecule has 0 spiro atoms. The fourth-order valence-corrected chi connectivity index (χ4v) is 2.53. The third kappa shape index (κ3) is 3.92. The van der Waals surface area contributed by atoms with Gasteiger partial charge in [0.05, 0.1) is 17.8 Å². The molecular weight excluding hydrogens is 321 g/mol. The standard InChI is InChI=1S/C19H18FN3O2/c1-13(18(24)14-6-8-16(20)9-7-14)22-19(25)15-4-2-5-17(12-15)23-11-3-10-21-23/h2-13,18,24H,1H3,(H,22,25). The fourth-order valence-electron chi connectivity index (χ4n) is 2.53. The van der Waals surface area contributed by atoms with E-state index < -0.39 is 12.1 Å². The van der Waals surface area contributed by atoms with Crippen molar-refractivity contribution in [3.8, 4) is 5.69 Å². The fraction of sp³-hybridized carbons (Fsp3) is 0.158. The van der Waals surface area contributed by atoms with Crippen molar-refractivity contribution in [2.75, 3.05) is 0 Å². The third-order valence-electron chi connectivity index (χ3n) is 3.92. The molecule has 0 saturated heterocycles. The summed E-state index contributed by atoms with van der Waals surface area (Å²) in [5, 5.41) is 17.2. The van der Waals surface area contributed by atoms with Crippen LogP contribution in [0, 0.1) is 5.82 Å². The first-order valence-electron chi connectivity index (χ1n) is 7.89. The monoisotopic (exact) mass is 339 g/mol. The molecule has 128 valence electrons. The van der Waals surface area contributed by atoms with Gasteiger partial charge in [-0.15, -0.1) is 0 Å². The summed E-state index contributed by atoms with van der Waals surface area (Å²) < 4.78 is 14.6. The van der Waals surface area contributed by atoms with Gasteiger partial charge in [0, 0.05) is 18.0 Å². The van der Waals surface area contributed by atoms with Gasteiger partial charge in [0.15, 0.2) is 0 Å². The second kappa shape index (κ2) is 7.27. The number of nitrogens with one attached hydrogen (secondary N) is 1. The summed E-state index contributed by atoms with van der Waals surface area (Å²) in [6, 6.07) is 13.9. The van der Waals surface area contributed by atoms with Crippen molar-refractivity contribution in [1.82, 2.24) is 15.1 Å². The van der Waals surface area contributed by atoms with Crippen LogP contribution in [0.4, 0.5) is 4.39 Å². The quantitative estimate of drug-likeness (QED) is 0.751. The summed E-state index contributed by atoms with van der Waals surface area (Å²) in [5.74, 6) is -0.675. The van der Waals surface area contributed by atoms with Crippen molar-refractivity contribution in [3.63, 3.8) is 0 Å². The molecule has 5 nitrogen and oxygen atoms in total. The number of aliphatic hydroxyl groups is 1. The van der Waals surface area contributed by atoms with Gasteiger partial charge in [-0.3, -0.25) is 4.79 Å². The Morgan fingerprint density at radius 2 is 1.96 bits per heavy atom. The summed E-state index contributed by atoms with van der Waals surface area (Å²) in [5.41, 5.74) is 1.77. The molecule has 1 aromatic heterocycles. The Morgan fingerprint density at radius 3 is 2.64 bits per heavy atom. The number of nitrogens with zero attached hydrogens (tertiary/aromatic N) is 2. The molecule has 0 fully saturated rings. The van der Waals surface area contributed by atoms with Gasteiger partial charge in [0.1, 0.15) is 5.82 Å². The van der Waals surface area contributed by atoms with E-state index in [0.717, 1.165) is 5.69 Å². The number of halogens is 1. The van der Waals surface area contributed by atoms with Crippen LogP contribution in [0.1, 0.15) is 28.9 Å². The topological polar surface area (TPSA) is 67.2 Å². The molecule has 3 aromatic rings. The lowest BCUT2D eigenvalue weighted by Crippen LogP contribution is -2.37. The highest BCUT2D eigenvalue weighted by Gasteiger charge is 2.19. The molecule has 0 bridgehead atoms. The Labute approximate surface area is 144 Å². The smallest absolute Gasteiger partial charge is 0.251 e. The van der Waals surface area contributed by atoms with E-state index in [0.29, 0.717) is 11.1 Å². The molecule has 2 atom stereocenters. The molecule has 0 aliphatic rings. The Balaban J connectivity index is 1.71. The van der Waals surface area contributed by atoms with Gasteiger partial charge in [0.25, 0.3) is 5.91 Å². The van der Waals surface area contributed by atoms with Crippen molar-refractivity contribution >= 4 is 5.91 Å². The Bertz CT molecular complexity index is 847. The van der Waals surface area contributed by atoms with Crippen LogP contribution >= 0.6 is 0 Å². The number of aromatic nitrogens is 2. The third-order valence-corrected chi connectivity index (χ3v) is 3.92. The van der Waals surface area contributed by atoms with E-state index in [2.05, 4.69) is 10.4 Å². The molecular formula is C19H18FN3O2. The van der Waals surface area contributed by atoms with E-state index in [4.69, 9.17) is 0 Å². The van der Waals surface area contributed by atoms with E-state index in [9.17, 15) is 14.3 Å². The van der Waals surface area contributed by atoms with Gasteiger partial charge < -0.3 is 10.4 Å². The Kier molecular flexibility index (Phi) is 4.90. The number of carbonyl (C=O) groups excluding carboxylic acids is 1. The highest BCUT2D eigenvalue weighted by molar-refractivity contribution is 5.94. The molecule has 0 radical (unpaired) electrons. The molecule has 0 saturated carbocycles. The van der Waals surface area contributed by atoms with Crippen LogP contribution < -0.4 is 5.32 Å². The number of rotatable bonds is 5. The molecule has 25 heavy (non-hydrogen) atoms. The van der Waals surface area contributed by atoms with Gasteiger partial charge >= 0.3 is 0 Å². The second-order valence-electron chi connectivity index (χ2n) is 5.76. The molecule has 2 N–H and O–H groups in total. The number of aliphatic hydroxyl groups excluding tert-OH is 1.